The van der Waals surface area contributed by atoms with Crippen molar-refractivity contribution >= 4 is 5.78 Å². The van der Waals surface area contributed by atoms with Crippen LogP contribution < -0.4 is 0 Å². The van der Waals surface area contributed by atoms with Crippen molar-refractivity contribution in [3.63, 3.8) is 0 Å². The van der Waals surface area contributed by atoms with E-state index in [1.165, 1.54) is 51.4 Å². The number of Topliss-reactive ketones (excluding diaryl/α,β-unsaturated/α-hetero) is 1. The Morgan fingerprint density at radius 3 is 2.48 bits per heavy atom. The molecule has 0 heterocycles. The van der Waals surface area contributed by atoms with Crippen LogP contribution in [0.5, 0.6) is 0 Å². The SMILES string of the molecule is CC(=O)/C(C)=C/CCC(C)C1CCC2C3CC=C4CC(O)CCC4(C)C3CCC12C.CCC. The molecule has 1 N–H and O–H groups in total. The Balaban J connectivity index is 0.000000968. The lowest BCUT2D eigenvalue weighted by atomic mass is 9.47. The molecule has 3 saturated carbocycles. The van der Waals surface area contributed by atoms with Gasteiger partial charge in [0, 0.05) is 0 Å². The van der Waals surface area contributed by atoms with Crippen molar-refractivity contribution in [1.29, 1.82) is 0 Å². The topological polar surface area (TPSA) is 37.3 Å². The summed E-state index contributed by atoms with van der Waals surface area (Å²) in [4.78, 5) is 11.5. The van der Waals surface area contributed by atoms with Crippen molar-refractivity contribution in [1.82, 2.24) is 0 Å². The number of carbonyl (C=O) groups is 1. The van der Waals surface area contributed by atoms with E-state index in [0.717, 1.165) is 54.4 Å². The number of rotatable bonds is 5. The van der Waals surface area contributed by atoms with Gasteiger partial charge in [-0.3, -0.25) is 4.79 Å². The molecule has 4 rings (SSSR count). The standard InChI is InChI=1S/C28H44O2.C3H8/c1-18(20(3)29)7-6-8-19(2)24-11-12-25-23-10-9-21-17-22(30)13-15-27(21,4)26(23)14-16-28(24,25)5;1-3-2/h7,9,19,22-26,30H,6,8,10-17H2,1-5H3;3H2,1-2H3/b18-7+;. The van der Waals surface area contributed by atoms with Crippen LogP contribution in [0.3, 0.4) is 0 Å². The molecule has 0 bridgehead atoms. The highest BCUT2D eigenvalue weighted by Crippen LogP contribution is 2.67. The van der Waals surface area contributed by atoms with Gasteiger partial charge in [0.05, 0.1) is 6.10 Å². The van der Waals surface area contributed by atoms with Crippen molar-refractivity contribution < 1.29 is 9.90 Å². The van der Waals surface area contributed by atoms with E-state index in [9.17, 15) is 9.90 Å². The van der Waals surface area contributed by atoms with Gasteiger partial charge in [0.25, 0.3) is 0 Å². The van der Waals surface area contributed by atoms with Crippen molar-refractivity contribution in [2.24, 2.45) is 40.4 Å². The van der Waals surface area contributed by atoms with Crippen LogP contribution in [0.15, 0.2) is 23.3 Å². The average Bonchev–Trinajstić information content (AvgIpc) is 3.12. The van der Waals surface area contributed by atoms with Crippen LogP contribution in [0.1, 0.15) is 119 Å². The molecule has 0 radical (unpaired) electrons. The van der Waals surface area contributed by atoms with E-state index in [-0.39, 0.29) is 11.9 Å². The summed E-state index contributed by atoms with van der Waals surface area (Å²) in [6.07, 6.45) is 18.1. The van der Waals surface area contributed by atoms with E-state index in [1.807, 2.05) is 6.92 Å². The lowest BCUT2D eigenvalue weighted by Crippen LogP contribution is -2.50. The minimum absolute atomic E-state index is 0.105. The van der Waals surface area contributed by atoms with E-state index in [0.29, 0.717) is 10.8 Å². The minimum Gasteiger partial charge on any atom is -0.393 e. The molecule has 0 saturated heterocycles. The molecule has 2 nitrogen and oxygen atoms in total. The first kappa shape index (κ1) is 26.7. The average molecular weight is 457 g/mol. The zero-order valence-electron chi connectivity index (χ0n) is 22.8. The fourth-order valence-electron chi connectivity index (χ4n) is 8.52. The van der Waals surface area contributed by atoms with Gasteiger partial charge in [0.2, 0.25) is 0 Å². The van der Waals surface area contributed by atoms with Gasteiger partial charge in [-0.1, -0.05) is 58.8 Å². The maximum absolute atomic E-state index is 11.5. The largest absolute Gasteiger partial charge is 0.393 e. The van der Waals surface area contributed by atoms with E-state index in [4.69, 9.17) is 0 Å². The Morgan fingerprint density at radius 2 is 1.82 bits per heavy atom. The molecule has 8 unspecified atom stereocenters. The van der Waals surface area contributed by atoms with Crippen LogP contribution in [-0.4, -0.2) is 17.0 Å². The first-order valence-electron chi connectivity index (χ1n) is 14.1. The molecule has 0 amide bonds. The summed E-state index contributed by atoms with van der Waals surface area (Å²) in [6.45, 7) is 15.5. The zero-order chi connectivity index (χ0) is 24.4. The molecule has 3 fully saturated rings. The summed E-state index contributed by atoms with van der Waals surface area (Å²) in [5, 5.41) is 10.2. The monoisotopic (exact) mass is 456 g/mol. The molecule has 33 heavy (non-hydrogen) atoms. The maximum atomic E-state index is 11.5. The van der Waals surface area contributed by atoms with Gasteiger partial charge in [0.15, 0.2) is 5.78 Å². The summed E-state index contributed by atoms with van der Waals surface area (Å²) in [5.74, 6) is 4.34. The van der Waals surface area contributed by atoms with Gasteiger partial charge in [-0.25, -0.2) is 0 Å². The Kier molecular flexibility index (Phi) is 8.74. The Hall–Kier alpha value is -0.890. The summed E-state index contributed by atoms with van der Waals surface area (Å²) in [7, 11) is 0. The molecule has 4 aliphatic carbocycles. The third kappa shape index (κ3) is 5.21. The Morgan fingerprint density at radius 1 is 1.12 bits per heavy atom. The second-order valence-corrected chi connectivity index (χ2v) is 12.6. The van der Waals surface area contributed by atoms with Crippen LogP contribution >= 0.6 is 0 Å². The lowest BCUT2D eigenvalue weighted by Gasteiger charge is -2.58. The van der Waals surface area contributed by atoms with Gasteiger partial charge >= 0.3 is 0 Å². The van der Waals surface area contributed by atoms with E-state index < -0.39 is 0 Å². The van der Waals surface area contributed by atoms with Crippen molar-refractivity contribution in [2.75, 3.05) is 0 Å². The third-order valence-corrected chi connectivity index (χ3v) is 10.5. The molecule has 0 aliphatic heterocycles. The van der Waals surface area contributed by atoms with Gasteiger partial charge < -0.3 is 5.11 Å². The number of aliphatic hydroxyl groups excluding tert-OH is 1. The Labute approximate surface area is 204 Å². The van der Waals surface area contributed by atoms with Crippen LogP contribution in [0.4, 0.5) is 0 Å². The molecule has 0 aromatic heterocycles. The molecular weight excluding hydrogens is 404 g/mol. The highest BCUT2D eigenvalue weighted by molar-refractivity contribution is 5.92. The van der Waals surface area contributed by atoms with Gasteiger partial charge in [-0.05, 0) is 124 Å². The maximum Gasteiger partial charge on any atom is 0.155 e. The molecule has 0 spiro atoms. The first-order chi connectivity index (χ1) is 15.6. The lowest BCUT2D eigenvalue weighted by molar-refractivity contribution is -0.113. The molecule has 2 heteroatoms. The van der Waals surface area contributed by atoms with Crippen molar-refractivity contribution in [3.05, 3.63) is 23.3 Å². The van der Waals surface area contributed by atoms with Crippen molar-refractivity contribution in [3.8, 4) is 0 Å². The van der Waals surface area contributed by atoms with Crippen LogP contribution in [0.25, 0.3) is 0 Å². The first-order valence-corrected chi connectivity index (χ1v) is 14.1. The van der Waals surface area contributed by atoms with Crippen LogP contribution in [0.2, 0.25) is 0 Å². The summed E-state index contributed by atoms with van der Waals surface area (Å²) in [6, 6.07) is 0. The third-order valence-electron chi connectivity index (χ3n) is 10.5. The number of hydrogen-bond donors (Lipinski definition) is 1. The van der Waals surface area contributed by atoms with Crippen LogP contribution in [0, 0.1) is 40.4 Å². The highest BCUT2D eigenvalue weighted by atomic mass is 16.3. The van der Waals surface area contributed by atoms with Gasteiger partial charge in [-0.15, -0.1) is 0 Å². The van der Waals surface area contributed by atoms with Crippen molar-refractivity contribution in [2.45, 2.75) is 125 Å². The number of aliphatic hydroxyl groups is 1. The van der Waals surface area contributed by atoms with E-state index in [1.54, 1.807) is 12.5 Å². The number of hydrogen-bond acceptors (Lipinski definition) is 2. The second kappa shape index (κ2) is 10.8. The summed E-state index contributed by atoms with van der Waals surface area (Å²) >= 11 is 0. The molecule has 8 atom stereocenters. The van der Waals surface area contributed by atoms with E-state index in [2.05, 4.69) is 46.8 Å². The smallest absolute Gasteiger partial charge is 0.155 e. The predicted molar refractivity (Wildman–Crippen MR) is 140 cm³/mol. The number of ketones is 1. The summed E-state index contributed by atoms with van der Waals surface area (Å²) in [5.41, 5.74) is 3.35. The quantitative estimate of drug-likeness (QED) is 0.334. The normalized spacial score (nSPS) is 41.0. The molecule has 0 aromatic carbocycles. The molecule has 0 aromatic rings. The zero-order valence-corrected chi connectivity index (χ0v) is 22.8. The minimum atomic E-state index is -0.105. The van der Waals surface area contributed by atoms with E-state index >= 15 is 0 Å². The predicted octanol–water partition coefficient (Wildman–Crippen LogP) is 8.29. The number of allylic oxidation sites excluding steroid dienone is 3. The molecular formula is C31H52O2. The highest BCUT2D eigenvalue weighted by Gasteiger charge is 2.59. The fraction of sp³-hybridized carbons (Fsp3) is 0.839. The number of fused-ring (bicyclic) bond motifs is 5. The number of carbonyl (C=O) groups excluding carboxylic acids is 1. The van der Waals surface area contributed by atoms with Gasteiger partial charge in [-0.2, -0.15) is 0 Å². The molecule has 188 valence electrons. The fourth-order valence-corrected chi connectivity index (χ4v) is 8.52. The second-order valence-electron chi connectivity index (χ2n) is 12.6. The Bertz CT molecular complexity index is 748. The van der Waals surface area contributed by atoms with Crippen LogP contribution in [-0.2, 0) is 4.79 Å². The van der Waals surface area contributed by atoms with Gasteiger partial charge in [0.1, 0.15) is 0 Å². The summed E-state index contributed by atoms with van der Waals surface area (Å²) < 4.78 is 0. The molecule has 4 aliphatic rings.